The normalized spacial score (nSPS) is 51.5. The van der Waals surface area contributed by atoms with Gasteiger partial charge in [0.25, 0.3) is 0 Å². The van der Waals surface area contributed by atoms with E-state index in [1.165, 1.54) is 0 Å². The number of hydrogen-bond donors (Lipinski definition) is 0. The van der Waals surface area contributed by atoms with Crippen LogP contribution in [0.25, 0.3) is 0 Å². The quantitative estimate of drug-likeness (QED) is 0.440. The number of hydrogen-bond acceptors (Lipinski definition) is 5. The summed E-state index contributed by atoms with van der Waals surface area (Å²) in [4.78, 5) is 25.8. The van der Waals surface area contributed by atoms with Crippen LogP contribution in [0.1, 0.15) is 120 Å². The molecule has 0 bridgehead atoms. The smallest absolute Gasteiger partial charge is 0.164 e. The van der Waals surface area contributed by atoms with Crippen molar-refractivity contribution in [2.45, 2.75) is 155 Å². The summed E-state index contributed by atoms with van der Waals surface area (Å²) in [6.45, 7) is 17.2. The molecule has 8 atom stereocenters. The zero-order valence-electron chi connectivity index (χ0n) is 23.4. The number of carbonyl (C=O) groups is 2. The molecule has 0 aromatic rings. The highest BCUT2D eigenvalue weighted by atomic mass is 16.5. The van der Waals surface area contributed by atoms with E-state index < -0.39 is 11.2 Å². The van der Waals surface area contributed by atoms with Crippen LogP contribution in [-0.4, -0.2) is 46.7 Å². The van der Waals surface area contributed by atoms with Gasteiger partial charge in [-0.3, -0.25) is 9.59 Å². The van der Waals surface area contributed by atoms with Gasteiger partial charge in [0.1, 0.15) is 11.2 Å². The van der Waals surface area contributed by atoms with Gasteiger partial charge in [-0.2, -0.15) is 0 Å². The van der Waals surface area contributed by atoms with E-state index in [0.29, 0.717) is 18.8 Å². The van der Waals surface area contributed by atoms with Crippen molar-refractivity contribution in [2.75, 3.05) is 0 Å². The van der Waals surface area contributed by atoms with Gasteiger partial charge < -0.3 is 14.2 Å². The molecular weight excluding hydrogens is 440 g/mol. The minimum atomic E-state index is -0.725. The van der Waals surface area contributed by atoms with E-state index in [-0.39, 0.29) is 51.7 Å². The van der Waals surface area contributed by atoms with Gasteiger partial charge in [-0.15, -0.1) is 0 Å². The van der Waals surface area contributed by atoms with Crippen molar-refractivity contribution in [3.05, 3.63) is 0 Å². The molecule has 0 aromatic carbocycles. The predicted octanol–water partition coefficient (Wildman–Crippen LogP) is 6.20. The van der Waals surface area contributed by atoms with Crippen LogP contribution in [0.15, 0.2) is 0 Å². The third-order valence-corrected chi connectivity index (χ3v) is 12.1. The molecule has 5 aliphatic rings. The maximum atomic E-state index is 12.9. The van der Waals surface area contributed by atoms with Crippen LogP contribution in [-0.2, 0) is 23.8 Å². The summed E-state index contributed by atoms with van der Waals surface area (Å²) < 4.78 is 20.6. The van der Waals surface area contributed by atoms with Gasteiger partial charge in [-0.25, -0.2) is 0 Å². The van der Waals surface area contributed by atoms with Gasteiger partial charge in [0, 0.05) is 29.1 Å². The Hall–Kier alpha value is -0.780. The summed E-state index contributed by atoms with van der Waals surface area (Å²) in [7, 11) is 0. The van der Waals surface area contributed by atoms with E-state index in [1.807, 2.05) is 27.7 Å². The maximum absolute atomic E-state index is 12.9. The molecule has 5 fully saturated rings. The molecular formula is C30H48O5. The Labute approximate surface area is 212 Å². The first kappa shape index (κ1) is 25.9. The largest absolute Gasteiger partial charge is 0.370 e. The summed E-state index contributed by atoms with van der Waals surface area (Å²) in [5.41, 5.74) is -2.04. The number of fused-ring (bicyclic) bond motifs is 3. The van der Waals surface area contributed by atoms with Crippen LogP contribution >= 0.6 is 0 Å². The molecule has 5 rings (SSSR count). The van der Waals surface area contributed by atoms with E-state index in [4.69, 9.17) is 14.2 Å². The van der Waals surface area contributed by atoms with E-state index in [0.717, 1.165) is 51.4 Å². The molecule has 2 aliphatic carbocycles. The zero-order chi connectivity index (χ0) is 25.7. The fourth-order valence-corrected chi connectivity index (χ4v) is 9.06. The Morgan fingerprint density at radius 1 is 0.571 bits per heavy atom. The molecule has 0 aromatic heterocycles. The Morgan fingerprint density at radius 3 is 1.63 bits per heavy atom. The Bertz CT molecular complexity index is 908. The first-order valence-electron chi connectivity index (χ1n) is 14.2. The second-order valence-electron chi connectivity index (χ2n) is 14.4. The minimum absolute atomic E-state index is 0.0400. The molecule has 198 valence electrons. The molecule has 0 amide bonds. The number of Topliss-reactive ketones (excluding diaryl/α,β-unsaturated/α-hetero) is 2. The highest BCUT2D eigenvalue weighted by molar-refractivity contribution is 5.87. The summed E-state index contributed by atoms with van der Waals surface area (Å²) in [6, 6.07) is 0. The van der Waals surface area contributed by atoms with Crippen molar-refractivity contribution in [3.63, 3.8) is 0 Å². The van der Waals surface area contributed by atoms with E-state index in [2.05, 4.69) is 27.7 Å². The zero-order valence-corrected chi connectivity index (χ0v) is 23.4. The highest BCUT2D eigenvalue weighted by Crippen LogP contribution is 2.67. The van der Waals surface area contributed by atoms with Crippen LogP contribution < -0.4 is 0 Å². The van der Waals surface area contributed by atoms with Crippen molar-refractivity contribution in [2.24, 2.45) is 22.2 Å². The lowest BCUT2D eigenvalue weighted by atomic mass is 9.55. The molecule has 2 saturated carbocycles. The van der Waals surface area contributed by atoms with E-state index >= 15 is 0 Å². The van der Waals surface area contributed by atoms with Crippen LogP contribution in [0.2, 0.25) is 0 Å². The highest BCUT2D eigenvalue weighted by Gasteiger charge is 2.68. The van der Waals surface area contributed by atoms with Gasteiger partial charge in [0.05, 0.1) is 23.9 Å². The Balaban J connectivity index is 1.47. The molecule has 5 nitrogen and oxygen atoms in total. The molecule has 35 heavy (non-hydrogen) atoms. The number of ketones is 2. The van der Waals surface area contributed by atoms with Gasteiger partial charge in [-0.05, 0) is 85.0 Å². The summed E-state index contributed by atoms with van der Waals surface area (Å²) in [5.74, 6) is 0.859. The topological polar surface area (TPSA) is 61.8 Å². The number of carbonyl (C=O) groups excluding carboxylic acids is 2. The SMILES string of the molecule is C[C@H]1CC[C@@H]2OC(C)(C)C(=O)CC[C@@]2(C)[C@]12CC[C@@H]([C@@]1(C)CC[C@@H]3OC(C)(C)C(=O)CC[C@]31C)O2. The van der Waals surface area contributed by atoms with Crippen LogP contribution in [0.5, 0.6) is 0 Å². The number of rotatable bonds is 1. The first-order valence-corrected chi connectivity index (χ1v) is 14.2. The lowest BCUT2D eigenvalue weighted by molar-refractivity contribution is -0.252. The van der Waals surface area contributed by atoms with E-state index in [1.54, 1.807) is 0 Å². The minimum Gasteiger partial charge on any atom is -0.370 e. The second-order valence-corrected chi connectivity index (χ2v) is 14.4. The van der Waals surface area contributed by atoms with Crippen LogP contribution in [0.3, 0.4) is 0 Å². The van der Waals surface area contributed by atoms with Gasteiger partial charge in [-0.1, -0.05) is 27.7 Å². The third-order valence-electron chi connectivity index (χ3n) is 12.1. The molecule has 0 unspecified atom stereocenters. The third kappa shape index (κ3) is 3.43. The summed E-state index contributed by atoms with van der Waals surface area (Å²) >= 11 is 0. The molecule has 5 heteroatoms. The summed E-state index contributed by atoms with van der Waals surface area (Å²) in [6.07, 6.45) is 9.25. The van der Waals surface area contributed by atoms with Crippen molar-refractivity contribution < 1.29 is 23.8 Å². The molecule has 3 heterocycles. The average Bonchev–Trinajstić information content (AvgIpc) is 3.29. The Kier molecular flexibility index (Phi) is 5.81. The lowest BCUT2D eigenvalue weighted by Crippen LogP contribution is -2.61. The van der Waals surface area contributed by atoms with Gasteiger partial charge in [0.2, 0.25) is 0 Å². The molecule has 1 spiro atoms. The molecule has 0 radical (unpaired) electrons. The van der Waals surface area contributed by atoms with Crippen molar-refractivity contribution in [1.82, 2.24) is 0 Å². The van der Waals surface area contributed by atoms with Gasteiger partial charge >= 0.3 is 0 Å². The molecule has 3 aliphatic heterocycles. The van der Waals surface area contributed by atoms with Crippen LogP contribution in [0.4, 0.5) is 0 Å². The van der Waals surface area contributed by atoms with Crippen LogP contribution in [0, 0.1) is 22.2 Å². The molecule has 0 N–H and O–H groups in total. The monoisotopic (exact) mass is 488 g/mol. The van der Waals surface area contributed by atoms with Crippen molar-refractivity contribution in [1.29, 1.82) is 0 Å². The fourth-order valence-electron chi connectivity index (χ4n) is 9.06. The standard InChI is InChI=1S/C30H48O5/c1-19-9-10-22-29(8,16-12-21(32)25(2,3)33-22)30(19)18-14-24(35-30)28(7)17-13-23-27(28,6)15-11-20(31)26(4,5)34-23/h19,22-24H,9-18H2,1-8H3/t19-,22-,23-,24-,27+,28+,29+,30-/m0/s1. The summed E-state index contributed by atoms with van der Waals surface area (Å²) in [5, 5.41) is 0. The van der Waals surface area contributed by atoms with E-state index in [9.17, 15) is 9.59 Å². The van der Waals surface area contributed by atoms with Crippen molar-refractivity contribution in [3.8, 4) is 0 Å². The lowest BCUT2D eigenvalue weighted by Gasteiger charge is -2.58. The first-order chi connectivity index (χ1) is 16.1. The Morgan fingerprint density at radius 2 is 1.03 bits per heavy atom. The predicted molar refractivity (Wildman–Crippen MR) is 135 cm³/mol. The van der Waals surface area contributed by atoms with Crippen molar-refractivity contribution >= 4 is 11.6 Å². The maximum Gasteiger partial charge on any atom is 0.164 e. The number of ether oxygens (including phenoxy) is 3. The van der Waals surface area contributed by atoms with Gasteiger partial charge in [0.15, 0.2) is 11.6 Å². The second kappa shape index (κ2) is 7.86. The fraction of sp³-hybridized carbons (Fsp3) is 0.933. The molecule has 3 saturated heterocycles. The average molecular weight is 489 g/mol.